The van der Waals surface area contributed by atoms with Gasteiger partial charge < -0.3 is 20.6 Å². The SMILES string of the molecule is O=C1NC(=Nc2ccc(O)cc2C(=O)O)S/C1=C\c1ccc(O)cc1. The number of carboxylic acids is 1. The van der Waals surface area contributed by atoms with E-state index in [0.29, 0.717) is 4.91 Å². The first kappa shape index (κ1) is 16.6. The van der Waals surface area contributed by atoms with Crippen LogP contribution in [-0.2, 0) is 4.79 Å². The number of rotatable bonds is 3. The van der Waals surface area contributed by atoms with E-state index >= 15 is 0 Å². The van der Waals surface area contributed by atoms with E-state index in [-0.39, 0.29) is 33.8 Å². The van der Waals surface area contributed by atoms with Crippen LogP contribution in [0.25, 0.3) is 6.08 Å². The molecule has 0 bridgehead atoms. The first-order valence-electron chi connectivity index (χ1n) is 7.07. The summed E-state index contributed by atoms with van der Waals surface area (Å²) in [7, 11) is 0. The first-order valence-corrected chi connectivity index (χ1v) is 7.89. The number of carbonyl (C=O) groups is 2. The maximum Gasteiger partial charge on any atom is 0.338 e. The van der Waals surface area contributed by atoms with Crippen LogP contribution in [0.15, 0.2) is 52.4 Å². The Bertz CT molecular complexity index is 919. The fraction of sp³-hybridized carbons (Fsp3) is 0. The van der Waals surface area contributed by atoms with Crippen molar-refractivity contribution in [3.63, 3.8) is 0 Å². The van der Waals surface area contributed by atoms with E-state index in [1.165, 1.54) is 24.3 Å². The molecule has 0 saturated carbocycles. The summed E-state index contributed by atoms with van der Waals surface area (Å²) in [5, 5.41) is 30.7. The van der Waals surface area contributed by atoms with Crippen LogP contribution in [0.4, 0.5) is 5.69 Å². The Morgan fingerprint density at radius 2 is 1.76 bits per heavy atom. The summed E-state index contributed by atoms with van der Waals surface area (Å²) in [6, 6.07) is 10.1. The second-order valence-electron chi connectivity index (χ2n) is 5.08. The Morgan fingerprint density at radius 1 is 1.08 bits per heavy atom. The molecule has 1 saturated heterocycles. The van der Waals surface area contributed by atoms with Crippen LogP contribution >= 0.6 is 11.8 Å². The van der Waals surface area contributed by atoms with Crippen LogP contribution in [-0.4, -0.2) is 32.4 Å². The van der Waals surface area contributed by atoms with Gasteiger partial charge in [-0.2, -0.15) is 0 Å². The van der Waals surface area contributed by atoms with Crippen LogP contribution in [0.1, 0.15) is 15.9 Å². The Kier molecular flexibility index (Phi) is 4.44. The quantitative estimate of drug-likeness (QED) is 0.628. The van der Waals surface area contributed by atoms with Gasteiger partial charge in [-0.15, -0.1) is 0 Å². The summed E-state index contributed by atoms with van der Waals surface area (Å²) in [5.74, 6) is -1.64. The topological polar surface area (TPSA) is 119 Å². The highest BCUT2D eigenvalue weighted by Gasteiger charge is 2.24. The minimum absolute atomic E-state index is 0.124. The van der Waals surface area contributed by atoms with Crippen LogP contribution in [0.2, 0.25) is 0 Å². The van der Waals surface area contributed by atoms with Crippen molar-refractivity contribution in [3.05, 3.63) is 58.5 Å². The molecule has 0 atom stereocenters. The number of amides is 1. The number of phenols is 2. The normalized spacial score (nSPS) is 17.0. The number of aromatic hydroxyl groups is 2. The van der Waals surface area contributed by atoms with Crippen molar-refractivity contribution in [1.82, 2.24) is 5.32 Å². The molecule has 8 heteroatoms. The molecule has 0 radical (unpaired) electrons. The van der Waals surface area contributed by atoms with E-state index in [2.05, 4.69) is 10.3 Å². The highest BCUT2D eigenvalue weighted by atomic mass is 32.2. The van der Waals surface area contributed by atoms with Gasteiger partial charge in [-0.05, 0) is 53.7 Å². The molecule has 0 aromatic heterocycles. The minimum atomic E-state index is -1.23. The number of aromatic carboxylic acids is 1. The van der Waals surface area contributed by atoms with Crippen LogP contribution < -0.4 is 5.32 Å². The number of amidine groups is 1. The molecule has 1 aliphatic rings. The Balaban J connectivity index is 1.89. The number of carbonyl (C=O) groups excluding carboxylic acids is 1. The molecule has 1 heterocycles. The first-order chi connectivity index (χ1) is 11.9. The minimum Gasteiger partial charge on any atom is -0.508 e. The van der Waals surface area contributed by atoms with Crippen LogP contribution in [0, 0.1) is 0 Å². The Labute approximate surface area is 146 Å². The smallest absolute Gasteiger partial charge is 0.338 e. The lowest BCUT2D eigenvalue weighted by Gasteiger charge is -2.02. The highest BCUT2D eigenvalue weighted by molar-refractivity contribution is 8.18. The van der Waals surface area contributed by atoms with E-state index < -0.39 is 5.97 Å². The van der Waals surface area contributed by atoms with Crippen LogP contribution in [0.3, 0.4) is 0 Å². The van der Waals surface area contributed by atoms with E-state index in [1.807, 2.05) is 0 Å². The third-order valence-electron chi connectivity index (χ3n) is 3.27. The lowest BCUT2D eigenvalue weighted by atomic mass is 10.2. The number of aliphatic imine (C=N–C) groups is 1. The molecule has 1 aliphatic heterocycles. The number of carboxylic acid groups (broad SMARTS) is 1. The van der Waals surface area contributed by atoms with Crippen molar-refractivity contribution in [1.29, 1.82) is 0 Å². The molecule has 0 aliphatic carbocycles. The Morgan fingerprint density at radius 3 is 2.44 bits per heavy atom. The molecule has 25 heavy (non-hydrogen) atoms. The number of thioether (sulfide) groups is 1. The van der Waals surface area contributed by atoms with Crippen molar-refractivity contribution in [3.8, 4) is 11.5 Å². The second kappa shape index (κ2) is 6.70. The third-order valence-corrected chi connectivity index (χ3v) is 4.18. The van der Waals surface area contributed by atoms with Gasteiger partial charge in [-0.1, -0.05) is 12.1 Å². The van der Waals surface area contributed by atoms with Gasteiger partial charge in [-0.25, -0.2) is 9.79 Å². The highest BCUT2D eigenvalue weighted by Crippen LogP contribution is 2.30. The standard InChI is InChI=1S/C17H12N2O5S/c20-10-3-1-9(2-4-10)7-14-15(22)19-17(25-14)18-13-6-5-11(21)8-12(13)16(23)24/h1-8,20-21H,(H,23,24)(H,18,19,22)/b14-7-. The van der Waals surface area contributed by atoms with Gasteiger partial charge in [0.05, 0.1) is 16.2 Å². The predicted octanol–water partition coefficient (Wildman–Crippen LogP) is 2.69. The van der Waals surface area contributed by atoms with Gasteiger partial charge >= 0.3 is 5.97 Å². The van der Waals surface area contributed by atoms with Gasteiger partial charge in [0.2, 0.25) is 0 Å². The summed E-state index contributed by atoms with van der Waals surface area (Å²) in [6.07, 6.45) is 1.64. The van der Waals surface area contributed by atoms with E-state index in [0.717, 1.165) is 23.4 Å². The number of phenolic OH excluding ortho intramolecular Hbond substituents is 2. The largest absolute Gasteiger partial charge is 0.508 e. The molecule has 1 amide bonds. The molecule has 3 rings (SSSR count). The number of benzene rings is 2. The lowest BCUT2D eigenvalue weighted by molar-refractivity contribution is -0.115. The van der Waals surface area contributed by atoms with Crippen molar-refractivity contribution >= 4 is 40.6 Å². The molecular formula is C17H12N2O5S. The molecule has 1 fully saturated rings. The van der Waals surface area contributed by atoms with Gasteiger partial charge in [0.25, 0.3) is 5.91 Å². The molecular weight excluding hydrogens is 344 g/mol. The van der Waals surface area contributed by atoms with Crippen molar-refractivity contribution in [2.24, 2.45) is 4.99 Å². The zero-order valence-electron chi connectivity index (χ0n) is 12.6. The number of nitrogens with one attached hydrogen (secondary N) is 1. The van der Waals surface area contributed by atoms with Gasteiger partial charge in [0.1, 0.15) is 11.5 Å². The number of hydrogen-bond acceptors (Lipinski definition) is 6. The zero-order valence-corrected chi connectivity index (χ0v) is 13.4. The van der Waals surface area contributed by atoms with E-state index in [4.69, 9.17) is 0 Å². The fourth-order valence-corrected chi connectivity index (χ4v) is 2.94. The second-order valence-corrected chi connectivity index (χ2v) is 6.11. The fourth-order valence-electron chi connectivity index (χ4n) is 2.10. The molecule has 7 nitrogen and oxygen atoms in total. The summed E-state index contributed by atoms with van der Waals surface area (Å²) in [4.78, 5) is 27.8. The average molecular weight is 356 g/mol. The predicted molar refractivity (Wildman–Crippen MR) is 94.0 cm³/mol. The summed E-state index contributed by atoms with van der Waals surface area (Å²) in [5.41, 5.74) is 0.685. The van der Waals surface area contributed by atoms with Crippen molar-refractivity contribution < 1.29 is 24.9 Å². The molecule has 4 N–H and O–H groups in total. The zero-order chi connectivity index (χ0) is 18.0. The van der Waals surface area contributed by atoms with E-state index in [1.54, 1.807) is 18.2 Å². The van der Waals surface area contributed by atoms with Crippen molar-refractivity contribution in [2.45, 2.75) is 0 Å². The van der Waals surface area contributed by atoms with Gasteiger partial charge in [0.15, 0.2) is 5.17 Å². The molecule has 0 unspecified atom stereocenters. The van der Waals surface area contributed by atoms with Crippen molar-refractivity contribution in [2.75, 3.05) is 0 Å². The Hall–Kier alpha value is -3.26. The monoisotopic (exact) mass is 356 g/mol. The molecule has 0 spiro atoms. The number of hydrogen-bond donors (Lipinski definition) is 4. The molecule has 126 valence electrons. The third kappa shape index (κ3) is 3.81. The maximum absolute atomic E-state index is 12.0. The van der Waals surface area contributed by atoms with E-state index in [9.17, 15) is 24.9 Å². The maximum atomic E-state index is 12.0. The number of nitrogens with zero attached hydrogens (tertiary/aromatic N) is 1. The van der Waals surface area contributed by atoms with Crippen LogP contribution in [0.5, 0.6) is 11.5 Å². The summed E-state index contributed by atoms with van der Waals surface area (Å²) in [6.45, 7) is 0. The molecule has 2 aromatic rings. The summed E-state index contributed by atoms with van der Waals surface area (Å²) >= 11 is 1.07. The van der Waals surface area contributed by atoms with Gasteiger partial charge in [-0.3, -0.25) is 4.79 Å². The lowest BCUT2D eigenvalue weighted by Crippen LogP contribution is -2.19. The average Bonchev–Trinajstić information content (AvgIpc) is 2.90. The molecule has 2 aromatic carbocycles. The van der Waals surface area contributed by atoms with Gasteiger partial charge in [0, 0.05) is 0 Å². The summed E-state index contributed by atoms with van der Waals surface area (Å²) < 4.78 is 0.